The highest BCUT2D eigenvalue weighted by atomic mass is 32.1. The SMILES string of the molecule is O=C(CCC(/C=C/c1ccccc1)CC(F)(F)F)c1cccs1. The van der Waals surface area contributed by atoms with Gasteiger partial charge in [-0.2, -0.15) is 13.2 Å². The molecule has 1 aromatic heterocycles. The van der Waals surface area contributed by atoms with Gasteiger partial charge in [-0.15, -0.1) is 11.3 Å². The first-order chi connectivity index (χ1) is 10.9. The van der Waals surface area contributed by atoms with Crippen LogP contribution in [0.3, 0.4) is 0 Å². The number of carbonyl (C=O) groups excluding carboxylic acids is 1. The van der Waals surface area contributed by atoms with Gasteiger partial charge in [-0.05, 0) is 29.3 Å². The van der Waals surface area contributed by atoms with Gasteiger partial charge in [-0.1, -0.05) is 48.6 Å². The van der Waals surface area contributed by atoms with E-state index in [1.54, 1.807) is 29.7 Å². The van der Waals surface area contributed by atoms with Crippen molar-refractivity contribution < 1.29 is 18.0 Å². The summed E-state index contributed by atoms with van der Waals surface area (Å²) in [5, 5.41) is 1.79. The number of allylic oxidation sites excluding steroid dienone is 1. The minimum Gasteiger partial charge on any atom is -0.293 e. The molecular weight excluding hydrogens is 321 g/mol. The standard InChI is InChI=1S/C18H17F3OS/c19-18(20,21)13-15(9-8-14-5-2-1-3-6-14)10-11-16(22)17-7-4-12-23-17/h1-9,12,15H,10-11,13H2/b9-8+. The fourth-order valence-corrected chi connectivity index (χ4v) is 2.95. The molecule has 1 unspecified atom stereocenters. The van der Waals surface area contributed by atoms with E-state index in [9.17, 15) is 18.0 Å². The van der Waals surface area contributed by atoms with Crippen LogP contribution in [0, 0.1) is 5.92 Å². The zero-order valence-corrected chi connectivity index (χ0v) is 13.2. The van der Waals surface area contributed by atoms with Crippen molar-refractivity contribution in [1.82, 2.24) is 0 Å². The normalized spacial score (nSPS) is 13.3. The fraction of sp³-hybridized carbons (Fsp3) is 0.278. The Morgan fingerprint density at radius 3 is 2.48 bits per heavy atom. The van der Waals surface area contributed by atoms with Crippen LogP contribution in [0.5, 0.6) is 0 Å². The molecule has 5 heteroatoms. The van der Waals surface area contributed by atoms with Crippen molar-refractivity contribution >= 4 is 23.2 Å². The highest BCUT2D eigenvalue weighted by molar-refractivity contribution is 7.12. The van der Waals surface area contributed by atoms with Gasteiger partial charge in [0.1, 0.15) is 0 Å². The molecule has 2 rings (SSSR count). The van der Waals surface area contributed by atoms with Crippen LogP contribution in [0.2, 0.25) is 0 Å². The molecule has 0 aliphatic heterocycles. The third-order valence-corrected chi connectivity index (χ3v) is 4.30. The number of halogens is 3. The van der Waals surface area contributed by atoms with Gasteiger partial charge in [-0.3, -0.25) is 4.79 Å². The second-order valence-electron chi connectivity index (χ2n) is 5.29. The van der Waals surface area contributed by atoms with E-state index in [0.717, 1.165) is 5.56 Å². The number of benzene rings is 1. The molecule has 0 saturated heterocycles. The van der Waals surface area contributed by atoms with Crippen molar-refractivity contribution in [3.05, 3.63) is 64.4 Å². The third-order valence-electron chi connectivity index (χ3n) is 3.39. The first kappa shape index (κ1) is 17.5. The second-order valence-corrected chi connectivity index (χ2v) is 6.24. The zero-order chi connectivity index (χ0) is 16.7. The number of hydrogen-bond acceptors (Lipinski definition) is 2. The Bertz CT molecular complexity index is 630. The summed E-state index contributed by atoms with van der Waals surface area (Å²) in [6.45, 7) is 0. The molecule has 0 fully saturated rings. The van der Waals surface area contributed by atoms with Crippen LogP contribution in [0.4, 0.5) is 13.2 Å². The minimum atomic E-state index is -4.24. The quantitative estimate of drug-likeness (QED) is 0.566. The van der Waals surface area contributed by atoms with Crippen molar-refractivity contribution in [3.63, 3.8) is 0 Å². The molecular formula is C18H17F3OS. The highest BCUT2D eigenvalue weighted by Gasteiger charge is 2.31. The lowest BCUT2D eigenvalue weighted by atomic mass is 9.96. The maximum Gasteiger partial charge on any atom is 0.389 e. The number of thiophene rings is 1. The summed E-state index contributed by atoms with van der Waals surface area (Å²) in [5.41, 5.74) is 0.851. The molecule has 0 bridgehead atoms. The summed E-state index contributed by atoms with van der Waals surface area (Å²) in [5.74, 6) is -0.792. The summed E-state index contributed by atoms with van der Waals surface area (Å²) in [6, 6.07) is 12.6. The Labute approximate surface area is 137 Å². The number of carbonyl (C=O) groups is 1. The van der Waals surface area contributed by atoms with Crippen LogP contribution < -0.4 is 0 Å². The van der Waals surface area contributed by atoms with Crippen molar-refractivity contribution in [1.29, 1.82) is 0 Å². The molecule has 1 nitrogen and oxygen atoms in total. The third kappa shape index (κ3) is 6.40. The molecule has 0 saturated carbocycles. The van der Waals surface area contributed by atoms with Crippen LogP contribution >= 0.6 is 11.3 Å². The highest BCUT2D eigenvalue weighted by Crippen LogP contribution is 2.29. The molecule has 1 aromatic carbocycles. The number of ketones is 1. The number of Topliss-reactive ketones (excluding diaryl/α,β-unsaturated/α-hetero) is 1. The van der Waals surface area contributed by atoms with E-state index in [1.807, 2.05) is 30.3 Å². The monoisotopic (exact) mass is 338 g/mol. The Kier molecular flexibility index (Phi) is 6.16. The first-order valence-electron chi connectivity index (χ1n) is 7.31. The molecule has 0 aliphatic rings. The maximum absolute atomic E-state index is 12.7. The molecule has 0 spiro atoms. The number of alkyl halides is 3. The molecule has 0 radical (unpaired) electrons. The van der Waals surface area contributed by atoms with Crippen molar-refractivity contribution in [2.75, 3.05) is 0 Å². The number of hydrogen-bond donors (Lipinski definition) is 0. The van der Waals surface area contributed by atoms with Crippen molar-refractivity contribution in [2.45, 2.75) is 25.4 Å². The average molecular weight is 338 g/mol. The topological polar surface area (TPSA) is 17.1 Å². The van der Waals surface area contributed by atoms with E-state index in [0.29, 0.717) is 4.88 Å². The largest absolute Gasteiger partial charge is 0.389 e. The predicted molar refractivity (Wildman–Crippen MR) is 87.5 cm³/mol. The van der Waals surface area contributed by atoms with Crippen LogP contribution in [0.1, 0.15) is 34.5 Å². The smallest absolute Gasteiger partial charge is 0.293 e. The zero-order valence-electron chi connectivity index (χ0n) is 12.4. The van der Waals surface area contributed by atoms with Crippen molar-refractivity contribution in [3.8, 4) is 0 Å². The Morgan fingerprint density at radius 1 is 1.13 bits per heavy atom. The Morgan fingerprint density at radius 2 is 1.87 bits per heavy atom. The molecule has 1 heterocycles. The second kappa shape index (κ2) is 8.11. The Balaban J connectivity index is 1.99. The van der Waals surface area contributed by atoms with Crippen LogP contribution in [0.25, 0.3) is 6.08 Å². The van der Waals surface area contributed by atoms with E-state index in [-0.39, 0.29) is 18.6 Å². The van der Waals surface area contributed by atoms with Gasteiger partial charge in [0.2, 0.25) is 0 Å². The first-order valence-corrected chi connectivity index (χ1v) is 8.19. The lowest BCUT2D eigenvalue weighted by molar-refractivity contribution is -0.141. The van der Waals surface area contributed by atoms with Crippen LogP contribution in [-0.4, -0.2) is 12.0 Å². The molecule has 23 heavy (non-hydrogen) atoms. The molecule has 1 atom stereocenters. The fourth-order valence-electron chi connectivity index (χ4n) is 2.25. The van der Waals surface area contributed by atoms with Gasteiger partial charge >= 0.3 is 6.18 Å². The summed E-state index contributed by atoms with van der Waals surface area (Å²) in [7, 11) is 0. The van der Waals surface area contributed by atoms with E-state index in [1.165, 1.54) is 11.3 Å². The van der Waals surface area contributed by atoms with E-state index < -0.39 is 18.5 Å². The average Bonchev–Trinajstić information content (AvgIpc) is 3.04. The van der Waals surface area contributed by atoms with Gasteiger partial charge in [0.15, 0.2) is 5.78 Å². The van der Waals surface area contributed by atoms with Crippen LogP contribution in [0.15, 0.2) is 53.9 Å². The lowest BCUT2D eigenvalue weighted by Crippen LogP contribution is -2.14. The molecule has 0 aliphatic carbocycles. The van der Waals surface area contributed by atoms with Gasteiger partial charge in [0.25, 0.3) is 0 Å². The van der Waals surface area contributed by atoms with E-state index in [2.05, 4.69) is 0 Å². The van der Waals surface area contributed by atoms with Crippen LogP contribution in [-0.2, 0) is 0 Å². The summed E-state index contributed by atoms with van der Waals surface area (Å²) in [4.78, 5) is 12.6. The summed E-state index contributed by atoms with van der Waals surface area (Å²) in [6.07, 6.45) is -1.58. The molecule has 122 valence electrons. The van der Waals surface area contributed by atoms with Crippen molar-refractivity contribution in [2.24, 2.45) is 5.92 Å². The summed E-state index contributed by atoms with van der Waals surface area (Å²) < 4.78 is 38.1. The number of rotatable bonds is 7. The molecule has 2 aromatic rings. The predicted octanol–water partition coefficient (Wildman–Crippen LogP) is 5.99. The molecule has 0 amide bonds. The van der Waals surface area contributed by atoms with Gasteiger partial charge in [0, 0.05) is 12.8 Å². The summed E-state index contributed by atoms with van der Waals surface area (Å²) >= 11 is 1.32. The van der Waals surface area contributed by atoms with Gasteiger partial charge < -0.3 is 0 Å². The lowest BCUT2D eigenvalue weighted by Gasteiger charge is -2.14. The van der Waals surface area contributed by atoms with E-state index in [4.69, 9.17) is 0 Å². The van der Waals surface area contributed by atoms with E-state index >= 15 is 0 Å². The molecule has 0 N–H and O–H groups in total. The van der Waals surface area contributed by atoms with Gasteiger partial charge in [-0.25, -0.2) is 0 Å². The Hall–Kier alpha value is -1.88. The minimum absolute atomic E-state index is 0.0970. The maximum atomic E-state index is 12.7. The van der Waals surface area contributed by atoms with Gasteiger partial charge in [0.05, 0.1) is 4.88 Å².